The first-order valence-electron chi connectivity index (χ1n) is 5.94. The average Bonchev–Trinajstić information content (AvgIpc) is 2.76. The van der Waals surface area contributed by atoms with E-state index >= 15 is 0 Å². The van der Waals surface area contributed by atoms with E-state index in [1.165, 1.54) is 7.11 Å². The summed E-state index contributed by atoms with van der Waals surface area (Å²) in [6.07, 6.45) is 1.58. The van der Waals surface area contributed by atoms with E-state index in [0.29, 0.717) is 0 Å². The number of carbonyl (C=O) groups excluding carboxylic acids is 1. The first-order chi connectivity index (χ1) is 7.84. The lowest BCUT2D eigenvalue weighted by molar-refractivity contribution is -0.170. The number of hydrogen-bond donors (Lipinski definition) is 1. The van der Waals surface area contributed by atoms with E-state index in [1.807, 2.05) is 0 Å². The van der Waals surface area contributed by atoms with Gasteiger partial charge in [0.1, 0.15) is 0 Å². The third kappa shape index (κ3) is 1.56. The van der Waals surface area contributed by atoms with Gasteiger partial charge in [-0.1, -0.05) is 25.9 Å². The second kappa shape index (κ2) is 3.70. The Bertz CT molecular complexity index is 372. The van der Waals surface area contributed by atoms with Gasteiger partial charge >= 0.3 is 5.97 Å². The topological polar surface area (TPSA) is 73.9 Å². The van der Waals surface area contributed by atoms with Crippen molar-refractivity contribution in [2.75, 3.05) is 7.11 Å². The van der Waals surface area contributed by atoms with Crippen molar-refractivity contribution in [2.24, 2.45) is 22.2 Å². The molecule has 17 heavy (non-hydrogen) atoms. The van der Waals surface area contributed by atoms with Crippen molar-refractivity contribution in [2.45, 2.75) is 45.3 Å². The fourth-order valence-corrected chi connectivity index (χ4v) is 2.84. The second-order valence-electron chi connectivity index (χ2n) is 5.84. The van der Waals surface area contributed by atoms with Crippen molar-refractivity contribution in [3.8, 4) is 0 Å². The summed E-state index contributed by atoms with van der Waals surface area (Å²) in [6.45, 7) is 6.19. The number of nitrogens with zero attached hydrogens (tertiary/aromatic N) is 1. The van der Waals surface area contributed by atoms with Crippen LogP contribution < -0.4 is 5.73 Å². The zero-order valence-electron chi connectivity index (χ0n) is 10.8. The molecule has 1 fully saturated rings. The Balaban J connectivity index is 2.38. The molecular weight excluding hydrogens is 220 g/mol. The van der Waals surface area contributed by atoms with Gasteiger partial charge in [-0.2, -0.15) is 0 Å². The molecule has 1 aliphatic heterocycles. The van der Waals surface area contributed by atoms with Crippen molar-refractivity contribution >= 4 is 11.7 Å². The van der Waals surface area contributed by atoms with Crippen molar-refractivity contribution in [1.82, 2.24) is 0 Å². The molecule has 0 aromatic carbocycles. The van der Waals surface area contributed by atoms with Crippen molar-refractivity contribution in [3.63, 3.8) is 0 Å². The molecule has 0 saturated heterocycles. The summed E-state index contributed by atoms with van der Waals surface area (Å²) in [7, 11) is 1.36. The largest absolute Gasteiger partial charge is 0.466 e. The third-order valence-electron chi connectivity index (χ3n) is 3.73. The summed E-state index contributed by atoms with van der Waals surface area (Å²) in [5.74, 6) is -0.458. The Kier molecular flexibility index (Phi) is 2.69. The summed E-state index contributed by atoms with van der Waals surface area (Å²) >= 11 is 0. The van der Waals surface area contributed by atoms with E-state index in [0.717, 1.165) is 18.6 Å². The molecule has 5 nitrogen and oxygen atoms in total. The minimum Gasteiger partial charge on any atom is -0.466 e. The van der Waals surface area contributed by atoms with Crippen LogP contribution in [0.15, 0.2) is 5.16 Å². The van der Waals surface area contributed by atoms with Gasteiger partial charge < -0.3 is 15.3 Å². The first-order valence-corrected chi connectivity index (χ1v) is 5.94. The van der Waals surface area contributed by atoms with Crippen LogP contribution in [-0.4, -0.2) is 30.4 Å². The predicted molar refractivity (Wildman–Crippen MR) is 63.4 cm³/mol. The summed E-state index contributed by atoms with van der Waals surface area (Å²) in [4.78, 5) is 17.5. The molecule has 0 bridgehead atoms. The molecule has 1 saturated carbocycles. The molecule has 5 heteroatoms. The van der Waals surface area contributed by atoms with Gasteiger partial charge in [-0.15, -0.1) is 0 Å². The number of oxime groups is 1. The highest BCUT2D eigenvalue weighted by Crippen LogP contribution is 2.47. The summed E-state index contributed by atoms with van der Waals surface area (Å²) in [5.41, 5.74) is 5.74. The molecule has 1 heterocycles. The Hall–Kier alpha value is -1.10. The maximum atomic E-state index is 12.0. The lowest BCUT2D eigenvalue weighted by Gasteiger charge is -2.29. The van der Waals surface area contributed by atoms with Crippen molar-refractivity contribution in [3.05, 3.63) is 0 Å². The Morgan fingerprint density at radius 3 is 2.71 bits per heavy atom. The standard InChI is InChI=1S/C12H20N2O3/c1-11(2,3)9-7-5-6-8(13)12(7,17-14-9)10(15)16-4/h7-8H,5-6,13H2,1-4H3. The van der Waals surface area contributed by atoms with Gasteiger partial charge in [0.2, 0.25) is 0 Å². The smallest absolute Gasteiger partial charge is 0.355 e. The highest BCUT2D eigenvalue weighted by molar-refractivity contribution is 5.99. The first kappa shape index (κ1) is 12.4. The predicted octanol–water partition coefficient (Wildman–Crippen LogP) is 1.07. The SMILES string of the molecule is COC(=O)C12ON=C(C(C)(C)C)C1CCC2N. The summed E-state index contributed by atoms with van der Waals surface area (Å²) in [6, 6.07) is -0.344. The summed E-state index contributed by atoms with van der Waals surface area (Å²) < 4.78 is 4.85. The minimum atomic E-state index is -1.09. The van der Waals surface area contributed by atoms with Gasteiger partial charge in [0.15, 0.2) is 0 Å². The van der Waals surface area contributed by atoms with Crippen LogP contribution in [0.25, 0.3) is 0 Å². The van der Waals surface area contributed by atoms with E-state index < -0.39 is 11.6 Å². The molecule has 96 valence electrons. The number of esters is 1. The second-order valence-corrected chi connectivity index (χ2v) is 5.84. The number of ether oxygens (including phenoxy) is 1. The fraction of sp³-hybridized carbons (Fsp3) is 0.833. The molecule has 0 spiro atoms. The highest BCUT2D eigenvalue weighted by atomic mass is 16.7. The van der Waals surface area contributed by atoms with Crippen molar-refractivity contribution in [1.29, 1.82) is 0 Å². The van der Waals surface area contributed by atoms with Gasteiger partial charge in [0, 0.05) is 5.41 Å². The number of nitrogens with two attached hydrogens (primary N) is 1. The molecule has 0 radical (unpaired) electrons. The van der Waals surface area contributed by atoms with Gasteiger partial charge in [0.05, 0.1) is 24.8 Å². The van der Waals surface area contributed by atoms with Crippen LogP contribution in [0.5, 0.6) is 0 Å². The molecular formula is C12H20N2O3. The number of fused-ring (bicyclic) bond motifs is 1. The maximum absolute atomic E-state index is 12.0. The van der Waals surface area contributed by atoms with Gasteiger partial charge in [-0.05, 0) is 12.8 Å². The quantitative estimate of drug-likeness (QED) is 0.696. The van der Waals surface area contributed by atoms with Crippen LogP contribution >= 0.6 is 0 Å². The van der Waals surface area contributed by atoms with E-state index in [9.17, 15) is 4.79 Å². The van der Waals surface area contributed by atoms with Crippen LogP contribution in [0.3, 0.4) is 0 Å². The van der Waals surface area contributed by atoms with Crippen LogP contribution in [0.4, 0.5) is 0 Å². The molecule has 1 aliphatic carbocycles. The molecule has 2 N–H and O–H groups in total. The monoisotopic (exact) mass is 240 g/mol. The molecule has 2 rings (SSSR count). The highest BCUT2D eigenvalue weighted by Gasteiger charge is 2.64. The molecule has 0 amide bonds. The van der Waals surface area contributed by atoms with Gasteiger partial charge in [-0.3, -0.25) is 0 Å². The normalized spacial score (nSPS) is 36.2. The third-order valence-corrected chi connectivity index (χ3v) is 3.73. The minimum absolute atomic E-state index is 0.0510. The van der Waals surface area contributed by atoms with E-state index in [4.69, 9.17) is 15.3 Å². The lowest BCUT2D eigenvalue weighted by atomic mass is 9.76. The number of methoxy groups -OCH3 is 1. The van der Waals surface area contributed by atoms with Gasteiger partial charge in [0.25, 0.3) is 5.60 Å². The summed E-state index contributed by atoms with van der Waals surface area (Å²) in [5, 5.41) is 4.12. The van der Waals surface area contributed by atoms with Crippen LogP contribution in [0.2, 0.25) is 0 Å². The van der Waals surface area contributed by atoms with Crippen LogP contribution in [0, 0.1) is 11.3 Å². The molecule has 0 aromatic heterocycles. The fourth-order valence-electron chi connectivity index (χ4n) is 2.84. The molecule has 0 aromatic rings. The van der Waals surface area contributed by atoms with E-state index in [2.05, 4.69) is 25.9 Å². The van der Waals surface area contributed by atoms with E-state index in [-0.39, 0.29) is 17.4 Å². The van der Waals surface area contributed by atoms with Crippen LogP contribution in [0.1, 0.15) is 33.6 Å². The molecule has 2 aliphatic rings. The number of hydrogen-bond acceptors (Lipinski definition) is 5. The number of carbonyl (C=O) groups is 1. The average molecular weight is 240 g/mol. The van der Waals surface area contributed by atoms with Gasteiger partial charge in [-0.25, -0.2) is 4.79 Å². The Morgan fingerprint density at radius 2 is 2.18 bits per heavy atom. The van der Waals surface area contributed by atoms with Crippen molar-refractivity contribution < 1.29 is 14.4 Å². The number of rotatable bonds is 1. The van der Waals surface area contributed by atoms with Crippen LogP contribution in [-0.2, 0) is 14.4 Å². The molecule has 3 atom stereocenters. The molecule has 3 unspecified atom stereocenters. The Labute approximate surface area is 101 Å². The van der Waals surface area contributed by atoms with E-state index in [1.54, 1.807) is 0 Å². The zero-order valence-corrected chi connectivity index (χ0v) is 10.8. The zero-order chi connectivity index (χ0) is 12.8. The lowest BCUT2D eigenvalue weighted by Crippen LogP contribution is -2.55. The maximum Gasteiger partial charge on any atom is 0.355 e. The Morgan fingerprint density at radius 1 is 1.53 bits per heavy atom.